The zero-order valence-electron chi connectivity index (χ0n) is 10.3. The molecule has 1 saturated carbocycles. The number of nitrogens with one attached hydrogen (secondary N) is 2. The van der Waals surface area contributed by atoms with E-state index in [1.165, 1.54) is 0 Å². The molecule has 1 aromatic rings. The first-order chi connectivity index (χ1) is 9.08. The van der Waals surface area contributed by atoms with Crippen molar-refractivity contribution in [1.82, 2.24) is 15.6 Å². The molecule has 7 heteroatoms. The lowest BCUT2D eigenvalue weighted by Gasteiger charge is -2.08. The molecule has 0 bridgehead atoms. The van der Waals surface area contributed by atoms with Gasteiger partial charge < -0.3 is 16.4 Å². The summed E-state index contributed by atoms with van der Waals surface area (Å²) >= 11 is 0. The predicted molar refractivity (Wildman–Crippen MR) is 66.7 cm³/mol. The first kappa shape index (κ1) is 13.3. The topological polar surface area (TPSA) is 97.1 Å². The van der Waals surface area contributed by atoms with Gasteiger partial charge in [-0.3, -0.25) is 9.59 Å². The molecule has 2 amide bonds. The Bertz CT molecular complexity index is 503. The average molecular weight is 266 g/mol. The van der Waals surface area contributed by atoms with Crippen molar-refractivity contribution in [2.75, 3.05) is 18.8 Å². The van der Waals surface area contributed by atoms with E-state index in [1.807, 2.05) is 0 Å². The Morgan fingerprint density at radius 2 is 2.05 bits per heavy atom. The van der Waals surface area contributed by atoms with Crippen LogP contribution in [-0.2, 0) is 4.79 Å². The van der Waals surface area contributed by atoms with Gasteiger partial charge in [0, 0.05) is 19.0 Å². The van der Waals surface area contributed by atoms with Crippen LogP contribution in [0.1, 0.15) is 23.2 Å². The van der Waals surface area contributed by atoms with Crippen LogP contribution in [0.5, 0.6) is 0 Å². The van der Waals surface area contributed by atoms with Gasteiger partial charge in [0.05, 0.1) is 11.8 Å². The van der Waals surface area contributed by atoms with Gasteiger partial charge in [0.15, 0.2) is 0 Å². The van der Waals surface area contributed by atoms with E-state index in [0.29, 0.717) is 6.54 Å². The van der Waals surface area contributed by atoms with Crippen LogP contribution in [0.4, 0.5) is 10.2 Å². The molecule has 0 unspecified atom stereocenters. The van der Waals surface area contributed by atoms with Gasteiger partial charge in [-0.25, -0.2) is 9.37 Å². The van der Waals surface area contributed by atoms with Crippen LogP contribution in [0, 0.1) is 11.7 Å². The molecule has 0 spiro atoms. The number of aromatic nitrogens is 1. The maximum absolute atomic E-state index is 12.9. The molecule has 0 aromatic carbocycles. The molecule has 6 nitrogen and oxygen atoms in total. The minimum atomic E-state index is -0.624. The second kappa shape index (κ2) is 5.64. The fourth-order valence-electron chi connectivity index (χ4n) is 1.58. The minimum Gasteiger partial charge on any atom is -0.383 e. The molecule has 1 fully saturated rings. The highest BCUT2D eigenvalue weighted by atomic mass is 19.1. The van der Waals surface area contributed by atoms with E-state index in [2.05, 4.69) is 15.6 Å². The Kier molecular flexibility index (Phi) is 3.94. The molecule has 0 radical (unpaired) electrons. The predicted octanol–water partition coefficient (Wildman–Crippen LogP) is 0.0589. The van der Waals surface area contributed by atoms with Crippen LogP contribution in [0.3, 0.4) is 0 Å². The Hall–Kier alpha value is -2.18. The molecule has 1 aromatic heterocycles. The monoisotopic (exact) mass is 266 g/mol. The van der Waals surface area contributed by atoms with Crippen molar-refractivity contribution in [2.45, 2.75) is 12.8 Å². The third-order valence-corrected chi connectivity index (χ3v) is 2.79. The number of anilines is 1. The van der Waals surface area contributed by atoms with Crippen molar-refractivity contribution in [3.8, 4) is 0 Å². The van der Waals surface area contributed by atoms with E-state index in [4.69, 9.17) is 5.73 Å². The van der Waals surface area contributed by atoms with E-state index in [0.717, 1.165) is 25.1 Å². The lowest BCUT2D eigenvalue weighted by molar-refractivity contribution is -0.122. The zero-order chi connectivity index (χ0) is 13.8. The third-order valence-electron chi connectivity index (χ3n) is 2.79. The van der Waals surface area contributed by atoms with Gasteiger partial charge in [-0.2, -0.15) is 0 Å². The smallest absolute Gasteiger partial charge is 0.255 e. The molecule has 1 heterocycles. The maximum Gasteiger partial charge on any atom is 0.255 e. The van der Waals surface area contributed by atoms with E-state index in [1.54, 1.807) is 0 Å². The first-order valence-electron chi connectivity index (χ1n) is 6.05. The molecular formula is C12H15FN4O2. The fourth-order valence-corrected chi connectivity index (χ4v) is 1.58. The summed E-state index contributed by atoms with van der Waals surface area (Å²) in [5, 5.41) is 5.24. The van der Waals surface area contributed by atoms with Crippen molar-refractivity contribution in [3.05, 3.63) is 23.6 Å². The second-order valence-electron chi connectivity index (χ2n) is 4.41. The van der Waals surface area contributed by atoms with Gasteiger partial charge >= 0.3 is 0 Å². The summed E-state index contributed by atoms with van der Waals surface area (Å²) in [4.78, 5) is 26.6. The summed E-state index contributed by atoms with van der Waals surface area (Å²) in [6, 6.07) is 1.03. The lowest BCUT2D eigenvalue weighted by Crippen LogP contribution is -2.35. The number of nitrogens with zero attached hydrogens (tertiary/aromatic N) is 1. The standard InChI is InChI=1S/C12H15FN4O2/c13-8-5-9(10(14)17-6-8)12(19)16-4-3-15-11(18)7-1-2-7/h5-7H,1-4H2,(H2,14,17)(H,15,18)(H,16,19). The summed E-state index contributed by atoms with van der Waals surface area (Å²) in [6.45, 7) is 0.594. The van der Waals surface area contributed by atoms with Crippen LogP contribution >= 0.6 is 0 Å². The number of nitrogen functional groups attached to an aromatic ring is 1. The number of hydrogen-bond acceptors (Lipinski definition) is 4. The molecule has 2 rings (SSSR count). The van der Waals surface area contributed by atoms with Crippen LogP contribution in [-0.4, -0.2) is 29.9 Å². The van der Waals surface area contributed by atoms with Gasteiger partial charge in [-0.1, -0.05) is 0 Å². The van der Waals surface area contributed by atoms with Crippen molar-refractivity contribution >= 4 is 17.6 Å². The van der Waals surface area contributed by atoms with E-state index < -0.39 is 11.7 Å². The Morgan fingerprint density at radius 1 is 1.37 bits per heavy atom. The van der Waals surface area contributed by atoms with Crippen molar-refractivity contribution in [3.63, 3.8) is 0 Å². The fraction of sp³-hybridized carbons (Fsp3) is 0.417. The van der Waals surface area contributed by atoms with Crippen molar-refractivity contribution < 1.29 is 14.0 Å². The number of pyridine rings is 1. The van der Waals surface area contributed by atoms with Crippen LogP contribution in [0.2, 0.25) is 0 Å². The third kappa shape index (κ3) is 3.64. The molecule has 1 aliphatic rings. The quantitative estimate of drug-likeness (QED) is 0.656. The molecule has 102 valence electrons. The van der Waals surface area contributed by atoms with Gasteiger partial charge in [0.2, 0.25) is 5.91 Å². The largest absolute Gasteiger partial charge is 0.383 e. The molecule has 0 atom stereocenters. The number of amides is 2. The SMILES string of the molecule is Nc1ncc(F)cc1C(=O)NCCNC(=O)C1CC1. The van der Waals surface area contributed by atoms with E-state index in [-0.39, 0.29) is 29.8 Å². The average Bonchev–Trinajstić information content (AvgIpc) is 3.21. The number of carbonyl (C=O) groups is 2. The highest BCUT2D eigenvalue weighted by molar-refractivity contribution is 5.98. The molecule has 1 aliphatic carbocycles. The van der Waals surface area contributed by atoms with Crippen molar-refractivity contribution in [2.24, 2.45) is 5.92 Å². The summed E-state index contributed by atoms with van der Waals surface area (Å²) in [7, 11) is 0. The molecule has 0 aliphatic heterocycles. The number of hydrogen-bond donors (Lipinski definition) is 3. The molecular weight excluding hydrogens is 251 g/mol. The summed E-state index contributed by atoms with van der Waals surface area (Å²) in [5.74, 6) is -1.01. The van der Waals surface area contributed by atoms with Crippen LogP contribution < -0.4 is 16.4 Å². The second-order valence-corrected chi connectivity index (χ2v) is 4.41. The van der Waals surface area contributed by atoms with E-state index >= 15 is 0 Å². The maximum atomic E-state index is 12.9. The van der Waals surface area contributed by atoms with E-state index in [9.17, 15) is 14.0 Å². The summed E-state index contributed by atoms with van der Waals surface area (Å²) in [5.41, 5.74) is 5.48. The molecule has 4 N–H and O–H groups in total. The number of carbonyl (C=O) groups excluding carboxylic acids is 2. The number of rotatable bonds is 5. The first-order valence-corrected chi connectivity index (χ1v) is 6.05. The van der Waals surface area contributed by atoms with Crippen LogP contribution in [0.25, 0.3) is 0 Å². The number of halogens is 1. The highest BCUT2D eigenvalue weighted by Gasteiger charge is 2.29. The molecule has 19 heavy (non-hydrogen) atoms. The van der Waals surface area contributed by atoms with Gasteiger partial charge in [0.25, 0.3) is 5.91 Å². The van der Waals surface area contributed by atoms with Gasteiger partial charge in [0.1, 0.15) is 11.6 Å². The lowest BCUT2D eigenvalue weighted by atomic mass is 10.2. The summed E-state index contributed by atoms with van der Waals surface area (Å²) < 4.78 is 12.9. The zero-order valence-corrected chi connectivity index (χ0v) is 10.3. The normalized spacial score (nSPS) is 13.9. The Labute approximate surface area is 109 Å². The highest BCUT2D eigenvalue weighted by Crippen LogP contribution is 2.28. The Balaban J connectivity index is 1.77. The summed E-state index contributed by atoms with van der Waals surface area (Å²) in [6.07, 6.45) is 2.81. The Morgan fingerprint density at radius 3 is 2.74 bits per heavy atom. The van der Waals surface area contributed by atoms with Crippen molar-refractivity contribution in [1.29, 1.82) is 0 Å². The molecule has 0 saturated heterocycles. The minimum absolute atomic E-state index is 0.00600. The van der Waals surface area contributed by atoms with Gasteiger partial charge in [-0.05, 0) is 18.9 Å². The number of nitrogens with two attached hydrogens (primary N) is 1. The van der Waals surface area contributed by atoms with Crippen LogP contribution in [0.15, 0.2) is 12.3 Å². The van der Waals surface area contributed by atoms with Gasteiger partial charge in [-0.15, -0.1) is 0 Å².